The molecule has 5 rings (SSSR count). The average Bonchev–Trinajstić information content (AvgIpc) is 3.27. The number of amides is 2. The normalized spacial score (nSPS) is 34.7. The maximum Gasteiger partial charge on any atom is 0.313 e. The van der Waals surface area contributed by atoms with Crippen molar-refractivity contribution in [1.29, 1.82) is 0 Å². The van der Waals surface area contributed by atoms with Gasteiger partial charge in [-0.15, -0.1) is 0 Å². The van der Waals surface area contributed by atoms with Crippen LogP contribution in [0.1, 0.15) is 46.0 Å². The van der Waals surface area contributed by atoms with E-state index in [2.05, 4.69) is 0 Å². The first-order chi connectivity index (χ1) is 18.3. The third-order valence-corrected chi connectivity index (χ3v) is 8.86. The van der Waals surface area contributed by atoms with Gasteiger partial charge in [0.1, 0.15) is 23.2 Å². The molecule has 0 saturated carbocycles. The molecule has 9 heteroatoms. The summed E-state index contributed by atoms with van der Waals surface area (Å²) in [6, 6.07) is 5.35. The van der Waals surface area contributed by atoms with Crippen molar-refractivity contribution in [2.24, 2.45) is 11.8 Å². The van der Waals surface area contributed by atoms with E-state index in [4.69, 9.17) is 21.1 Å². The molecule has 1 unspecified atom stereocenters. The van der Waals surface area contributed by atoms with E-state index in [9.17, 15) is 19.5 Å². The summed E-state index contributed by atoms with van der Waals surface area (Å²) in [4.78, 5) is 45.5. The molecule has 1 spiro atoms. The van der Waals surface area contributed by atoms with Gasteiger partial charge in [-0.05, 0) is 44.2 Å². The zero-order chi connectivity index (χ0) is 27.1. The monoisotopic (exact) mass is 542 g/mol. The number of hydrogen-bond donors (Lipinski definition) is 1. The Hall–Kier alpha value is -2.68. The summed E-state index contributed by atoms with van der Waals surface area (Å²) in [6.45, 7) is 3.95. The lowest BCUT2D eigenvalue weighted by molar-refractivity contribution is -0.161. The van der Waals surface area contributed by atoms with Gasteiger partial charge in [0.05, 0.1) is 35.9 Å². The molecule has 204 valence electrons. The maximum atomic E-state index is 14.5. The van der Waals surface area contributed by atoms with Crippen LogP contribution in [-0.4, -0.2) is 70.8 Å². The van der Waals surface area contributed by atoms with E-state index in [1.54, 1.807) is 35.2 Å². The number of cyclic esters (lactones) is 1. The van der Waals surface area contributed by atoms with Crippen LogP contribution < -0.4 is 4.90 Å². The van der Waals surface area contributed by atoms with E-state index in [1.807, 2.05) is 32.1 Å². The topological polar surface area (TPSA) is 96.4 Å². The number of aliphatic hydroxyl groups is 1. The number of aliphatic hydroxyl groups excluding tert-OH is 1. The van der Waals surface area contributed by atoms with E-state index < -0.39 is 41.1 Å². The number of allylic oxidation sites excluding steroid dienone is 1. The quantitative estimate of drug-likeness (QED) is 0.450. The molecule has 1 N–H and O–H groups in total. The Labute approximate surface area is 228 Å². The SMILES string of the molecule is CC[C@@H](CO)N1C(=O)[C@@H]2[C@H]3C(=O)OCCCC/C=C\[C@@]3(CC)O[C@@]23C=CCN(c2ccccc2Cl)C(=O)C13. The van der Waals surface area contributed by atoms with Crippen LogP contribution in [0.5, 0.6) is 0 Å². The first-order valence-corrected chi connectivity index (χ1v) is 13.9. The number of halogens is 1. The smallest absolute Gasteiger partial charge is 0.313 e. The fourth-order valence-electron chi connectivity index (χ4n) is 6.67. The van der Waals surface area contributed by atoms with Crippen LogP contribution in [-0.2, 0) is 23.9 Å². The van der Waals surface area contributed by atoms with E-state index in [0.717, 1.165) is 19.3 Å². The zero-order valence-corrected chi connectivity index (χ0v) is 22.6. The molecule has 38 heavy (non-hydrogen) atoms. The van der Waals surface area contributed by atoms with Crippen LogP contribution in [0, 0.1) is 11.8 Å². The molecule has 8 nitrogen and oxygen atoms in total. The number of anilines is 1. The summed E-state index contributed by atoms with van der Waals surface area (Å²) in [5, 5.41) is 10.7. The minimum absolute atomic E-state index is 0.221. The Morgan fingerprint density at radius 1 is 1.08 bits per heavy atom. The Morgan fingerprint density at radius 3 is 2.58 bits per heavy atom. The fourth-order valence-corrected chi connectivity index (χ4v) is 6.91. The van der Waals surface area contributed by atoms with E-state index in [-0.39, 0.29) is 31.6 Å². The highest BCUT2D eigenvalue weighted by Crippen LogP contribution is 2.58. The van der Waals surface area contributed by atoms with Gasteiger partial charge in [0, 0.05) is 6.54 Å². The third-order valence-electron chi connectivity index (χ3n) is 8.54. The number of fused-ring (bicyclic) bond motifs is 2. The Morgan fingerprint density at radius 2 is 1.87 bits per heavy atom. The van der Waals surface area contributed by atoms with Crippen LogP contribution >= 0.6 is 11.6 Å². The molecule has 2 amide bonds. The zero-order valence-electron chi connectivity index (χ0n) is 21.8. The molecule has 2 fully saturated rings. The van der Waals surface area contributed by atoms with Gasteiger partial charge >= 0.3 is 5.97 Å². The molecular formula is C29H35ClN2O6. The molecule has 0 aliphatic carbocycles. The average molecular weight is 543 g/mol. The first-order valence-electron chi connectivity index (χ1n) is 13.6. The molecule has 4 heterocycles. The number of nitrogens with zero attached hydrogens (tertiary/aromatic N) is 2. The summed E-state index contributed by atoms with van der Waals surface area (Å²) < 4.78 is 12.6. The second-order valence-corrected chi connectivity index (χ2v) is 10.9. The molecule has 2 saturated heterocycles. The van der Waals surface area contributed by atoms with E-state index in [0.29, 0.717) is 23.6 Å². The van der Waals surface area contributed by atoms with Crippen molar-refractivity contribution in [3.05, 3.63) is 53.6 Å². The molecule has 0 bridgehead atoms. The Balaban J connectivity index is 1.70. The summed E-state index contributed by atoms with van der Waals surface area (Å²) in [6.07, 6.45) is 10.8. The van der Waals surface area contributed by atoms with Crippen molar-refractivity contribution in [1.82, 2.24) is 4.90 Å². The van der Waals surface area contributed by atoms with Gasteiger partial charge in [-0.25, -0.2) is 0 Å². The van der Waals surface area contributed by atoms with Crippen LogP contribution in [0.15, 0.2) is 48.6 Å². The number of esters is 1. The molecule has 1 aromatic carbocycles. The number of benzene rings is 1. The van der Waals surface area contributed by atoms with Crippen LogP contribution in [0.4, 0.5) is 5.69 Å². The fraction of sp³-hybridized carbons (Fsp3) is 0.552. The highest BCUT2D eigenvalue weighted by atomic mass is 35.5. The summed E-state index contributed by atoms with van der Waals surface area (Å²) in [5.74, 6) is -3.13. The second-order valence-electron chi connectivity index (χ2n) is 10.5. The lowest BCUT2D eigenvalue weighted by Crippen LogP contribution is -2.59. The molecular weight excluding hydrogens is 508 g/mol. The minimum atomic E-state index is -1.41. The summed E-state index contributed by atoms with van der Waals surface area (Å²) >= 11 is 6.50. The van der Waals surface area contributed by atoms with Gasteiger partial charge in [-0.2, -0.15) is 0 Å². The van der Waals surface area contributed by atoms with Crippen LogP contribution in [0.25, 0.3) is 0 Å². The van der Waals surface area contributed by atoms with Gasteiger partial charge in [0.2, 0.25) is 5.91 Å². The first kappa shape index (κ1) is 26.9. The van der Waals surface area contributed by atoms with Crippen molar-refractivity contribution in [3.63, 3.8) is 0 Å². The number of carbonyl (C=O) groups excluding carboxylic acids is 3. The van der Waals surface area contributed by atoms with Crippen LogP contribution in [0.3, 0.4) is 0 Å². The molecule has 0 aromatic heterocycles. The van der Waals surface area contributed by atoms with Gasteiger partial charge in [0.25, 0.3) is 5.91 Å². The number of hydrogen-bond acceptors (Lipinski definition) is 6. The maximum absolute atomic E-state index is 14.5. The van der Waals surface area contributed by atoms with Gasteiger partial charge in [-0.3, -0.25) is 14.4 Å². The highest BCUT2D eigenvalue weighted by Gasteiger charge is 2.75. The van der Waals surface area contributed by atoms with Gasteiger partial charge in [0.15, 0.2) is 0 Å². The van der Waals surface area contributed by atoms with Crippen molar-refractivity contribution in [3.8, 4) is 0 Å². The van der Waals surface area contributed by atoms with E-state index in [1.165, 1.54) is 4.90 Å². The summed E-state index contributed by atoms with van der Waals surface area (Å²) in [7, 11) is 0. The molecule has 0 radical (unpaired) electrons. The lowest BCUT2D eigenvalue weighted by atomic mass is 9.73. The number of carbonyl (C=O) groups is 3. The van der Waals surface area contributed by atoms with Gasteiger partial charge < -0.3 is 24.4 Å². The predicted molar refractivity (Wildman–Crippen MR) is 143 cm³/mol. The molecule has 4 aliphatic heterocycles. The minimum Gasteiger partial charge on any atom is -0.465 e. The van der Waals surface area contributed by atoms with Crippen molar-refractivity contribution >= 4 is 35.1 Å². The third kappa shape index (κ3) is 4.00. The van der Waals surface area contributed by atoms with E-state index >= 15 is 0 Å². The highest BCUT2D eigenvalue weighted by molar-refractivity contribution is 6.34. The second kappa shape index (κ2) is 10.5. The summed E-state index contributed by atoms with van der Waals surface area (Å²) in [5.41, 5.74) is -2.00. The lowest BCUT2D eigenvalue weighted by Gasteiger charge is -2.40. The van der Waals surface area contributed by atoms with Crippen LogP contribution in [0.2, 0.25) is 5.02 Å². The molecule has 6 atom stereocenters. The Bertz CT molecular complexity index is 1170. The molecule has 1 aromatic rings. The molecule has 4 aliphatic rings. The number of rotatable bonds is 5. The predicted octanol–water partition coefficient (Wildman–Crippen LogP) is 3.66. The van der Waals surface area contributed by atoms with Crippen molar-refractivity contribution < 1.29 is 29.0 Å². The number of para-hydroxylation sites is 1. The van der Waals surface area contributed by atoms with Gasteiger partial charge in [-0.1, -0.05) is 61.9 Å². The number of likely N-dealkylation sites (tertiary alicyclic amines) is 1. The van der Waals surface area contributed by atoms with Crippen molar-refractivity contribution in [2.75, 3.05) is 24.7 Å². The number of ether oxygens (including phenoxy) is 2. The largest absolute Gasteiger partial charge is 0.465 e. The van der Waals surface area contributed by atoms with Crippen molar-refractivity contribution in [2.45, 2.75) is 69.2 Å². The standard InChI is InChI=1S/C29H35ClN2O6/c1-3-19(18-33)32-24-26(35)31(21-13-8-7-12-20(21)30)16-11-15-29(24)22(25(32)34)23-27(36)37-17-10-6-5-9-14-28(23,4-2)38-29/h7-9,11-15,19,22-24,33H,3-6,10,16-18H2,1-2H3/b14-9-/t19-,22-,23-,24?,28+,29-/m0/s1. The Kier molecular flexibility index (Phi) is 7.42.